The third kappa shape index (κ3) is 3.59. The largest absolute Gasteiger partial charge is 0.352 e. The van der Waals surface area contributed by atoms with Crippen molar-refractivity contribution in [2.45, 2.75) is 58.0 Å². The number of hydrogen-bond acceptors (Lipinski definition) is 5. The van der Waals surface area contributed by atoms with Crippen LogP contribution in [0.1, 0.15) is 43.6 Å². The van der Waals surface area contributed by atoms with Gasteiger partial charge in [-0.15, -0.1) is 11.3 Å². The molecule has 2 aromatic heterocycles. The first-order valence-electron chi connectivity index (χ1n) is 8.60. The van der Waals surface area contributed by atoms with E-state index < -0.39 is 0 Å². The lowest BCUT2D eigenvalue weighted by Gasteiger charge is -2.34. The van der Waals surface area contributed by atoms with E-state index in [1.54, 1.807) is 17.7 Å². The molecule has 0 aliphatic heterocycles. The maximum absolute atomic E-state index is 12.4. The van der Waals surface area contributed by atoms with Crippen LogP contribution in [0.25, 0.3) is 10.2 Å². The highest BCUT2D eigenvalue weighted by molar-refractivity contribution is 8.00. The predicted octanol–water partition coefficient (Wildman–Crippen LogP) is 4.34. The molecule has 2 aromatic rings. The van der Waals surface area contributed by atoms with Gasteiger partial charge in [0.2, 0.25) is 5.91 Å². The number of nitrogens with zero attached hydrogens (tertiary/aromatic N) is 2. The van der Waals surface area contributed by atoms with E-state index in [1.807, 2.05) is 0 Å². The first-order valence-corrected chi connectivity index (χ1v) is 10.4. The van der Waals surface area contributed by atoms with Crippen molar-refractivity contribution in [3.05, 3.63) is 16.8 Å². The Morgan fingerprint density at radius 3 is 2.92 bits per heavy atom. The van der Waals surface area contributed by atoms with E-state index in [4.69, 9.17) is 0 Å². The summed E-state index contributed by atoms with van der Waals surface area (Å²) in [6, 6.07) is 0.317. The monoisotopic (exact) mass is 363 g/mol. The lowest BCUT2D eigenvalue weighted by molar-refractivity contribution is -0.119. The topological polar surface area (TPSA) is 54.9 Å². The van der Waals surface area contributed by atoms with Crippen LogP contribution in [0.3, 0.4) is 0 Å². The molecule has 1 N–H and O–H groups in total. The van der Waals surface area contributed by atoms with E-state index in [-0.39, 0.29) is 5.91 Å². The van der Waals surface area contributed by atoms with Gasteiger partial charge in [-0.1, -0.05) is 38.5 Å². The standard InChI is InChI=1S/C18H25N3OS2/c1-10-6-5-7-14(11(10)2)21-15(22)8-23-17-16-12(3)13(4)24-18(16)20-9-19-17/h9-11,14H,5-8H2,1-4H3,(H,21,22). The molecule has 1 amide bonds. The highest BCUT2D eigenvalue weighted by atomic mass is 32.2. The summed E-state index contributed by atoms with van der Waals surface area (Å²) in [5.74, 6) is 1.77. The van der Waals surface area contributed by atoms with Crippen LogP contribution < -0.4 is 5.32 Å². The molecule has 0 spiro atoms. The number of hydrogen-bond donors (Lipinski definition) is 1. The number of rotatable bonds is 4. The van der Waals surface area contributed by atoms with Gasteiger partial charge in [0.1, 0.15) is 16.2 Å². The second-order valence-corrected chi connectivity index (χ2v) is 9.04. The van der Waals surface area contributed by atoms with Crippen molar-refractivity contribution in [1.29, 1.82) is 0 Å². The van der Waals surface area contributed by atoms with Gasteiger partial charge in [-0.25, -0.2) is 9.97 Å². The third-order valence-corrected chi connectivity index (χ3v) is 7.43. The zero-order valence-electron chi connectivity index (χ0n) is 14.8. The van der Waals surface area contributed by atoms with Crippen molar-refractivity contribution in [2.24, 2.45) is 11.8 Å². The van der Waals surface area contributed by atoms with Crippen LogP contribution in [0.15, 0.2) is 11.4 Å². The Morgan fingerprint density at radius 2 is 2.12 bits per heavy atom. The summed E-state index contributed by atoms with van der Waals surface area (Å²) < 4.78 is 0. The lowest BCUT2D eigenvalue weighted by Crippen LogP contribution is -2.44. The van der Waals surface area contributed by atoms with E-state index in [0.29, 0.717) is 23.6 Å². The minimum atomic E-state index is 0.113. The van der Waals surface area contributed by atoms with Gasteiger partial charge >= 0.3 is 0 Å². The number of carbonyl (C=O) groups excluding carboxylic acids is 1. The molecule has 3 unspecified atom stereocenters. The predicted molar refractivity (Wildman–Crippen MR) is 102 cm³/mol. The van der Waals surface area contributed by atoms with Crippen LogP contribution in [-0.2, 0) is 4.79 Å². The molecule has 0 saturated heterocycles. The summed E-state index contributed by atoms with van der Waals surface area (Å²) in [4.78, 5) is 23.4. The van der Waals surface area contributed by atoms with E-state index in [0.717, 1.165) is 21.7 Å². The maximum atomic E-state index is 12.4. The van der Waals surface area contributed by atoms with Crippen molar-refractivity contribution in [1.82, 2.24) is 15.3 Å². The van der Waals surface area contributed by atoms with Crippen molar-refractivity contribution in [3.8, 4) is 0 Å². The molecule has 0 bridgehead atoms. The SMILES string of the molecule is Cc1sc2ncnc(SCC(=O)NC3CCCC(C)C3C)c2c1C. The molecule has 0 aromatic carbocycles. The summed E-state index contributed by atoms with van der Waals surface area (Å²) in [5.41, 5.74) is 1.23. The molecule has 6 heteroatoms. The average Bonchev–Trinajstić information content (AvgIpc) is 2.85. The minimum Gasteiger partial charge on any atom is -0.352 e. The summed E-state index contributed by atoms with van der Waals surface area (Å²) in [6.45, 7) is 8.76. The Balaban J connectivity index is 1.64. The fraction of sp³-hybridized carbons (Fsp3) is 0.611. The zero-order chi connectivity index (χ0) is 17.3. The molecule has 3 rings (SSSR count). The molecular weight excluding hydrogens is 338 g/mol. The van der Waals surface area contributed by atoms with Crippen molar-refractivity contribution >= 4 is 39.2 Å². The minimum absolute atomic E-state index is 0.113. The number of thioether (sulfide) groups is 1. The van der Waals surface area contributed by atoms with Gasteiger partial charge in [0, 0.05) is 16.3 Å². The number of fused-ring (bicyclic) bond motifs is 1. The Bertz CT molecular complexity index is 743. The van der Waals surface area contributed by atoms with Crippen LogP contribution in [0.2, 0.25) is 0 Å². The van der Waals surface area contributed by atoms with Crippen LogP contribution >= 0.6 is 23.1 Å². The second kappa shape index (κ2) is 7.40. The molecule has 2 heterocycles. The molecule has 130 valence electrons. The van der Waals surface area contributed by atoms with Gasteiger partial charge in [0.25, 0.3) is 0 Å². The summed E-state index contributed by atoms with van der Waals surface area (Å²) >= 11 is 3.21. The number of aromatic nitrogens is 2. The van der Waals surface area contributed by atoms with Crippen molar-refractivity contribution in [3.63, 3.8) is 0 Å². The summed E-state index contributed by atoms with van der Waals surface area (Å²) in [6.07, 6.45) is 5.19. The first kappa shape index (κ1) is 17.7. The number of nitrogens with one attached hydrogen (secondary N) is 1. The highest BCUT2D eigenvalue weighted by Crippen LogP contribution is 2.34. The van der Waals surface area contributed by atoms with E-state index in [9.17, 15) is 4.79 Å². The van der Waals surface area contributed by atoms with Gasteiger partial charge in [0.05, 0.1) is 5.75 Å². The fourth-order valence-corrected chi connectivity index (χ4v) is 5.36. The normalized spacial score (nSPS) is 24.2. The van der Waals surface area contributed by atoms with Crippen LogP contribution in [0.4, 0.5) is 0 Å². The quantitative estimate of drug-likeness (QED) is 0.648. The number of carbonyl (C=O) groups is 1. The molecule has 1 fully saturated rings. The molecule has 0 radical (unpaired) electrons. The second-order valence-electron chi connectivity index (χ2n) is 6.87. The van der Waals surface area contributed by atoms with E-state index >= 15 is 0 Å². The highest BCUT2D eigenvalue weighted by Gasteiger charge is 2.28. The molecule has 4 nitrogen and oxygen atoms in total. The molecular formula is C18H25N3OS2. The van der Waals surface area contributed by atoms with Crippen LogP contribution in [0.5, 0.6) is 0 Å². The molecule has 3 atom stereocenters. The summed E-state index contributed by atoms with van der Waals surface area (Å²) in [5, 5.41) is 5.26. The average molecular weight is 364 g/mol. The van der Waals surface area contributed by atoms with Gasteiger partial charge in [0.15, 0.2) is 0 Å². The lowest BCUT2D eigenvalue weighted by atomic mass is 9.78. The fourth-order valence-electron chi connectivity index (χ4n) is 3.43. The van der Waals surface area contributed by atoms with Crippen LogP contribution in [-0.4, -0.2) is 27.7 Å². The van der Waals surface area contributed by atoms with E-state index in [2.05, 4.69) is 43.0 Å². The smallest absolute Gasteiger partial charge is 0.230 e. The Labute approximate surface area is 151 Å². The maximum Gasteiger partial charge on any atom is 0.230 e. The number of aryl methyl sites for hydroxylation is 2. The number of thiophene rings is 1. The van der Waals surface area contributed by atoms with Crippen molar-refractivity contribution in [2.75, 3.05) is 5.75 Å². The van der Waals surface area contributed by atoms with Crippen molar-refractivity contribution < 1.29 is 4.79 Å². The van der Waals surface area contributed by atoms with E-state index in [1.165, 1.54) is 35.0 Å². The molecule has 1 aliphatic carbocycles. The van der Waals surface area contributed by atoms with Gasteiger partial charge in [-0.3, -0.25) is 4.79 Å². The molecule has 24 heavy (non-hydrogen) atoms. The summed E-state index contributed by atoms with van der Waals surface area (Å²) in [7, 11) is 0. The first-order chi connectivity index (χ1) is 11.5. The third-order valence-electron chi connectivity index (χ3n) is 5.32. The molecule has 1 saturated carbocycles. The number of amides is 1. The molecule has 1 aliphatic rings. The Kier molecular flexibility index (Phi) is 5.45. The van der Waals surface area contributed by atoms with Crippen LogP contribution in [0, 0.1) is 25.7 Å². The van der Waals surface area contributed by atoms with Gasteiger partial charge in [-0.2, -0.15) is 0 Å². The van der Waals surface area contributed by atoms with Gasteiger partial charge in [-0.05, 0) is 37.7 Å². The van der Waals surface area contributed by atoms with Gasteiger partial charge < -0.3 is 5.32 Å². The Morgan fingerprint density at radius 1 is 1.33 bits per heavy atom. The Hall–Kier alpha value is -1.14. The zero-order valence-corrected chi connectivity index (χ0v) is 16.4.